The van der Waals surface area contributed by atoms with E-state index < -0.39 is 5.60 Å². The number of benzene rings is 1. The number of anilines is 1. The van der Waals surface area contributed by atoms with E-state index in [0.29, 0.717) is 36.1 Å². The van der Waals surface area contributed by atoms with Gasteiger partial charge in [0.1, 0.15) is 11.4 Å². The summed E-state index contributed by atoms with van der Waals surface area (Å²) >= 11 is 6.27. The van der Waals surface area contributed by atoms with Gasteiger partial charge < -0.3 is 19.5 Å². The number of ether oxygens (including phenoxy) is 3. The lowest BCUT2D eigenvalue weighted by atomic mass is 10.0. The molecular formula is C19H30ClNO4. The molecule has 0 radical (unpaired) electrons. The molecule has 1 rings (SSSR count). The van der Waals surface area contributed by atoms with Gasteiger partial charge in [-0.1, -0.05) is 18.5 Å². The largest absolute Gasteiger partial charge is 0.492 e. The fraction of sp³-hybridized carbons (Fsp3) is 0.632. The van der Waals surface area contributed by atoms with Gasteiger partial charge in [0, 0.05) is 25.8 Å². The second-order valence-corrected chi connectivity index (χ2v) is 7.09. The van der Waals surface area contributed by atoms with E-state index in [4.69, 9.17) is 25.8 Å². The smallest absolute Gasteiger partial charge is 0.256 e. The van der Waals surface area contributed by atoms with Crippen LogP contribution in [0.3, 0.4) is 0 Å². The molecule has 0 aliphatic carbocycles. The summed E-state index contributed by atoms with van der Waals surface area (Å²) in [5.41, 5.74) is -0.495. The fourth-order valence-electron chi connectivity index (χ4n) is 2.11. The molecule has 1 atom stereocenters. The number of rotatable bonds is 10. The molecule has 0 aliphatic heterocycles. The van der Waals surface area contributed by atoms with Crippen LogP contribution in [0, 0.1) is 0 Å². The first-order valence-corrected chi connectivity index (χ1v) is 8.98. The Labute approximate surface area is 156 Å². The van der Waals surface area contributed by atoms with E-state index in [1.807, 2.05) is 27.7 Å². The second kappa shape index (κ2) is 9.41. The van der Waals surface area contributed by atoms with Gasteiger partial charge in [-0.25, -0.2) is 0 Å². The topological polar surface area (TPSA) is 56.8 Å². The highest BCUT2D eigenvalue weighted by molar-refractivity contribution is 6.32. The quantitative estimate of drug-likeness (QED) is 0.648. The van der Waals surface area contributed by atoms with Crippen LogP contribution in [0.25, 0.3) is 0 Å². The van der Waals surface area contributed by atoms with E-state index in [0.717, 1.165) is 6.42 Å². The summed E-state index contributed by atoms with van der Waals surface area (Å²) in [6.07, 6.45) is 1.32. The van der Waals surface area contributed by atoms with Gasteiger partial charge in [0.25, 0.3) is 5.91 Å². The zero-order chi connectivity index (χ0) is 19.1. The van der Waals surface area contributed by atoms with Crippen LogP contribution in [0.5, 0.6) is 5.75 Å². The molecule has 1 N–H and O–H groups in total. The van der Waals surface area contributed by atoms with Crippen molar-refractivity contribution >= 4 is 23.2 Å². The maximum absolute atomic E-state index is 12.4. The third-order valence-electron chi connectivity index (χ3n) is 4.32. The maximum Gasteiger partial charge on any atom is 0.256 e. The Balaban J connectivity index is 2.71. The predicted molar refractivity (Wildman–Crippen MR) is 102 cm³/mol. The number of carbonyl (C=O) groups excluding carboxylic acids is 1. The Hall–Kier alpha value is -1.30. The van der Waals surface area contributed by atoms with Crippen LogP contribution >= 0.6 is 11.6 Å². The monoisotopic (exact) mass is 371 g/mol. The lowest BCUT2D eigenvalue weighted by molar-refractivity contribution is -0.139. The summed E-state index contributed by atoms with van der Waals surface area (Å²) in [6.45, 7) is 10.5. The third kappa shape index (κ3) is 6.49. The third-order valence-corrected chi connectivity index (χ3v) is 4.62. The average molecular weight is 372 g/mol. The lowest BCUT2D eigenvalue weighted by Crippen LogP contribution is -2.42. The Morgan fingerprint density at radius 2 is 1.92 bits per heavy atom. The molecule has 1 aromatic rings. The summed E-state index contributed by atoms with van der Waals surface area (Å²) < 4.78 is 16.7. The molecule has 1 aromatic carbocycles. The molecule has 1 amide bonds. The van der Waals surface area contributed by atoms with E-state index in [1.54, 1.807) is 32.2 Å². The van der Waals surface area contributed by atoms with Gasteiger partial charge in [0.05, 0.1) is 17.2 Å². The normalized spacial score (nSPS) is 14.0. The van der Waals surface area contributed by atoms with Crippen LogP contribution in [0.15, 0.2) is 18.2 Å². The van der Waals surface area contributed by atoms with Crippen molar-refractivity contribution in [2.24, 2.45) is 0 Å². The fourth-order valence-corrected chi connectivity index (χ4v) is 2.35. The Kier molecular flexibility index (Phi) is 8.19. The molecule has 5 nitrogen and oxygen atoms in total. The molecule has 0 unspecified atom stereocenters. The SMILES string of the molecule is CCO[C@](C)(CC)C(=O)Nc1ccc(OCCC(C)(C)OC)c(Cl)c1. The number of nitrogens with one attached hydrogen (secondary N) is 1. The molecule has 25 heavy (non-hydrogen) atoms. The first kappa shape index (κ1) is 21.7. The van der Waals surface area contributed by atoms with E-state index in [1.165, 1.54) is 0 Å². The Bertz CT molecular complexity index is 577. The van der Waals surface area contributed by atoms with Gasteiger partial charge in [-0.2, -0.15) is 0 Å². The molecule has 142 valence electrons. The van der Waals surface area contributed by atoms with Crippen LogP contribution in [-0.2, 0) is 14.3 Å². The zero-order valence-corrected chi connectivity index (χ0v) is 16.8. The van der Waals surface area contributed by atoms with Gasteiger partial charge in [0.15, 0.2) is 0 Å². The molecule has 0 saturated heterocycles. The zero-order valence-electron chi connectivity index (χ0n) is 16.1. The highest BCUT2D eigenvalue weighted by Crippen LogP contribution is 2.29. The van der Waals surface area contributed by atoms with Crippen molar-refractivity contribution in [1.82, 2.24) is 0 Å². The van der Waals surface area contributed by atoms with Crippen LogP contribution in [-0.4, -0.2) is 37.4 Å². The van der Waals surface area contributed by atoms with E-state index in [2.05, 4.69) is 5.32 Å². The van der Waals surface area contributed by atoms with Crippen molar-refractivity contribution < 1.29 is 19.0 Å². The summed E-state index contributed by atoms with van der Waals surface area (Å²) in [5, 5.41) is 3.30. The van der Waals surface area contributed by atoms with E-state index >= 15 is 0 Å². The van der Waals surface area contributed by atoms with Gasteiger partial charge in [-0.15, -0.1) is 0 Å². The molecule has 0 fully saturated rings. The molecule has 0 heterocycles. The first-order valence-electron chi connectivity index (χ1n) is 8.60. The molecule has 0 spiro atoms. The molecule has 6 heteroatoms. The van der Waals surface area contributed by atoms with Crippen LogP contribution < -0.4 is 10.1 Å². The molecule has 0 bridgehead atoms. The minimum absolute atomic E-state index is 0.191. The Morgan fingerprint density at radius 3 is 2.44 bits per heavy atom. The molecule has 0 aliphatic rings. The van der Waals surface area contributed by atoms with Gasteiger partial charge >= 0.3 is 0 Å². The van der Waals surface area contributed by atoms with Crippen molar-refractivity contribution in [3.63, 3.8) is 0 Å². The van der Waals surface area contributed by atoms with Crippen LogP contribution in [0.2, 0.25) is 5.02 Å². The molecule has 0 aromatic heterocycles. The highest BCUT2D eigenvalue weighted by atomic mass is 35.5. The minimum atomic E-state index is -0.859. The van der Waals surface area contributed by atoms with Gasteiger partial charge in [-0.3, -0.25) is 4.79 Å². The standard InChI is InChI=1S/C19H30ClNO4/c1-7-19(5,25-8-2)17(22)21-14-9-10-16(15(20)13-14)24-12-11-18(3,4)23-6/h9-10,13H,7-8,11-12H2,1-6H3,(H,21,22)/t19-/m1/s1. The van der Waals surface area contributed by atoms with E-state index in [9.17, 15) is 4.79 Å². The van der Waals surface area contributed by atoms with Gasteiger partial charge in [-0.05, 0) is 52.3 Å². The first-order chi connectivity index (χ1) is 11.7. The highest BCUT2D eigenvalue weighted by Gasteiger charge is 2.31. The maximum atomic E-state index is 12.4. The predicted octanol–water partition coefficient (Wildman–Crippen LogP) is 4.68. The van der Waals surface area contributed by atoms with E-state index in [-0.39, 0.29) is 11.5 Å². The number of amides is 1. The number of methoxy groups -OCH3 is 1. The van der Waals surface area contributed by atoms with Crippen molar-refractivity contribution in [1.29, 1.82) is 0 Å². The summed E-state index contributed by atoms with van der Waals surface area (Å²) in [6, 6.07) is 5.20. The number of hydrogen-bond donors (Lipinski definition) is 1. The van der Waals surface area contributed by atoms with Crippen LogP contribution in [0.4, 0.5) is 5.69 Å². The second-order valence-electron chi connectivity index (χ2n) is 6.68. The number of hydrogen-bond acceptors (Lipinski definition) is 4. The Morgan fingerprint density at radius 1 is 1.24 bits per heavy atom. The van der Waals surface area contributed by atoms with Crippen molar-refractivity contribution in [3.8, 4) is 5.75 Å². The summed E-state index contributed by atoms with van der Waals surface area (Å²) in [5.74, 6) is 0.387. The molecule has 0 saturated carbocycles. The van der Waals surface area contributed by atoms with Crippen molar-refractivity contribution in [3.05, 3.63) is 23.2 Å². The minimum Gasteiger partial charge on any atom is -0.492 e. The lowest BCUT2D eigenvalue weighted by Gasteiger charge is -2.26. The van der Waals surface area contributed by atoms with Gasteiger partial charge in [0.2, 0.25) is 0 Å². The average Bonchev–Trinajstić information content (AvgIpc) is 2.56. The number of halogens is 1. The summed E-state index contributed by atoms with van der Waals surface area (Å²) in [7, 11) is 1.68. The number of carbonyl (C=O) groups is 1. The van der Waals surface area contributed by atoms with Crippen LogP contribution in [0.1, 0.15) is 47.5 Å². The summed E-state index contributed by atoms with van der Waals surface area (Å²) in [4.78, 5) is 12.4. The molecular weight excluding hydrogens is 342 g/mol. The van der Waals surface area contributed by atoms with Crippen molar-refractivity contribution in [2.45, 2.75) is 58.7 Å². The van der Waals surface area contributed by atoms with Crippen molar-refractivity contribution in [2.75, 3.05) is 25.6 Å².